The van der Waals surface area contributed by atoms with Crippen LogP contribution in [0.5, 0.6) is 0 Å². The summed E-state index contributed by atoms with van der Waals surface area (Å²) in [5.74, 6) is 0.652. The van der Waals surface area contributed by atoms with E-state index in [0.29, 0.717) is 28.7 Å². The third kappa shape index (κ3) is 6.58. The molecule has 0 spiro atoms. The number of benzene rings is 1. The zero-order chi connectivity index (χ0) is 16.0. The molecule has 0 saturated heterocycles. The predicted octanol–water partition coefficient (Wildman–Crippen LogP) is 2.82. The number of hydrogen-bond acceptors (Lipinski definition) is 2. The minimum absolute atomic E-state index is 0. The smallest absolute Gasteiger partial charge is 0.251 e. The van der Waals surface area contributed by atoms with Crippen molar-refractivity contribution in [3.63, 3.8) is 0 Å². The van der Waals surface area contributed by atoms with Gasteiger partial charge in [0.25, 0.3) is 5.91 Å². The number of nitrogens with one attached hydrogen (secondary N) is 1. The molecule has 1 rings (SSSR count). The average Bonchev–Trinajstić information content (AvgIpc) is 2.40. The summed E-state index contributed by atoms with van der Waals surface area (Å²) in [6.07, 6.45) is 0. The van der Waals surface area contributed by atoms with Crippen LogP contribution in [0.2, 0.25) is 10.0 Å². The first-order chi connectivity index (χ1) is 9.82. The van der Waals surface area contributed by atoms with Gasteiger partial charge in [-0.05, 0) is 18.2 Å². The van der Waals surface area contributed by atoms with Crippen LogP contribution in [0.3, 0.4) is 0 Å². The van der Waals surface area contributed by atoms with Crippen LogP contribution in [-0.4, -0.2) is 62.9 Å². The van der Waals surface area contributed by atoms with Gasteiger partial charge in [0, 0.05) is 40.3 Å². The predicted molar refractivity (Wildman–Crippen MR) is 104 cm³/mol. The number of hydrogen-bond donors (Lipinski definition) is 1. The maximum Gasteiger partial charge on any atom is 0.251 e. The van der Waals surface area contributed by atoms with Crippen LogP contribution in [-0.2, 0) is 0 Å². The number of carbonyl (C=O) groups excluding carboxylic acids is 1. The summed E-state index contributed by atoms with van der Waals surface area (Å²) in [7, 11) is 7.69. The number of rotatable bonds is 4. The molecular formula is C14H21Cl2IN4O. The van der Waals surface area contributed by atoms with Crippen molar-refractivity contribution in [2.45, 2.75) is 0 Å². The number of guanidine groups is 1. The van der Waals surface area contributed by atoms with E-state index in [9.17, 15) is 4.79 Å². The molecule has 0 aliphatic carbocycles. The van der Waals surface area contributed by atoms with E-state index in [0.717, 1.165) is 5.96 Å². The van der Waals surface area contributed by atoms with E-state index >= 15 is 0 Å². The van der Waals surface area contributed by atoms with Crippen molar-refractivity contribution in [2.24, 2.45) is 4.99 Å². The van der Waals surface area contributed by atoms with Gasteiger partial charge in [-0.25, -0.2) is 0 Å². The Hall–Kier alpha value is -0.730. The molecule has 1 aromatic carbocycles. The molecule has 0 heterocycles. The Morgan fingerprint density at radius 3 is 2.23 bits per heavy atom. The van der Waals surface area contributed by atoms with Gasteiger partial charge in [-0.3, -0.25) is 9.79 Å². The molecule has 8 heteroatoms. The second-order valence-corrected chi connectivity index (χ2v) is 5.67. The summed E-state index contributed by atoms with van der Waals surface area (Å²) >= 11 is 11.7. The Bertz CT molecular complexity index is 526. The minimum Gasteiger partial charge on any atom is -0.350 e. The van der Waals surface area contributed by atoms with Gasteiger partial charge in [-0.2, -0.15) is 0 Å². The van der Waals surface area contributed by atoms with Crippen molar-refractivity contribution in [3.05, 3.63) is 33.8 Å². The molecule has 0 aliphatic rings. The molecule has 1 aromatic rings. The normalized spacial score (nSPS) is 9.55. The molecule has 0 saturated carbocycles. The lowest BCUT2D eigenvalue weighted by Gasteiger charge is -2.22. The topological polar surface area (TPSA) is 47.9 Å². The van der Waals surface area contributed by atoms with Gasteiger partial charge >= 0.3 is 0 Å². The van der Waals surface area contributed by atoms with Gasteiger partial charge in [0.15, 0.2) is 5.96 Å². The zero-order valence-electron chi connectivity index (χ0n) is 13.1. The van der Waals surface area contributed by atoms with Crippen LogP contribution in [0.1, 0.15) is 10.4 Å². The molecule has 0 aliphatic heterocycles. The highest BCUT2D eigenvalue weighted by Gasteiger charge is 2.08. The lowest BCUT2D eigenvalue weighted by Crippen LogP contribution is -2.36. The molecule has 22 heavy (non-hydrogen) atoms. The Balaban J connectivity index is 0.00000441. The Kier molecular flexibility index (Phi) is 9.79. The lowest BCUT2D eigenvalue weighted by molar-refractivity contribution is 0.0955. The minimum atomic E-state index is -0.194. The molecule has 0 aromatic heterocycles. The first-order valence-corrected chi connectivity index (χ1v) is 7.21. The fourth-order valence-corrected chi connectivity index (χ4v) is 2.05. The summed E-state index contributed by atoms with van der Waals surface area (Å²) < 4.78 is 0. The first-order valence-electron chi connectivity index (χ1n) is 6.45. The fraction of sp³-hybridized carbons (Fsp3) is 0.429. The van der Waals surface area contributed by atoms with Crippen molar-refractivity contribution in [1.29, 1.82) is 0 Å². The van der Waals surface area contributed by atoms with Gasteiger partial charge in [-0.15, -0.1) is 24.0 Å². The summed E-state index contributed by atoms with van der Waals surface area (Å²) in [4.78, 5) is 20.2. The molecule has 0 atom stereocenters. The summed E-state index contributed by atoms with van der Waals surface area (Å²) in [6.45, 7) is 0.947. The van der Waals surface area contributed by atoms with Gasteiger partial charge in [0.05, 0.1) is 16.6 Å². The first kappa shape index (κ1) is 21.3. The average molecular weight is 459 g/mol. The summed E-state index contributed by atoms with van der Waals surface area (Å²) in [5, 5.41) is 3.59. The van der Waals surface area contributed by atoms with Crippen molar-refractivity contribution >= 4 is 59.0 Å². The van der Waals surface area contributed by atoms with Gasteiger partial charge < -0.3 is 15.1 Å². The monoisotopic (exact) mass is 458 g/mol. The van der Waals surface area contributed by atoms with Gasteiger partial charge in [-0.1, -0.05) is 23.2 Å². The van der Waals surface area contributed by atoms with E-state index in [1.54, 1.807) is 18.2 Å². The molecule has 1 amide bonds. The quantitative estimate of drug-likeness (QED) is 0.326. The van der Waals surface area contributed by atoms with Crippen molar-refractivity contribution in [1.82, 2.24) is 15.1 Å². The Morgan fingerprint density at radius 1 is 1.14 bits per heavy atom. The summed E-state index contributed by atoms with van der Waals surface area (Å²) in [5.41, 5.74) is 0.480. The molecule has 0 fully saturated rings. The summed E-state index contributed by atoms with van der Waals surface area (Å²) in [6, 6.07) is 4.79. The molecule has 5 nitrogen and oxygen atoms in total. The molecule has 124 valence electrons. The highest BCUT2D eigenvalue weighted by Crippen LogP contribution is 2.22. The van der Waals surface area contributed by atoms with Crippen LogP contribution in [0.15, 0.2) is 23.2 Å². The number of halogens is 3. The lowest BCUT2D eigenvalue weighted by atomic mass is 10.2. The molecule has 0 radical (unpaired) electrons. The maximum atomic E-state index is 11.9. The van der Waals surface area contributed by atoms with Crippen molar-refractivity contribution in [3.8, 4) is 0 Å². The van der Waals surface area contributed by atoms with E-state index in [2.05, 4.69) is 10.3 Å². The highest BCUT2D eigenvalue weighted by atomic mass is 127. The Labute approximate surface area is 158 Å². The largest absolute Gasteiger partial charge is 0.350 e. The van der Waals surface area contributed by atoms with E-state index in [4.69, 9.17) is 23.2 Å². The number of amides is 1. The van der Waals surface area contributed by atoms with Crippen LogP contribution in [0.25, 0.3) is 0 Å². The second kappa shape index (κ2) is 10.1. The molecule has 0 bridgehead atoms. The van der Waals surface area contributed by atoms with E-state index in [1.807, 2.05) is 38.0 Å². The van der Waals surface area contributed by atoms with Crippen LogP contribution >= 0.6 is 47.2 Å². The number of carbonyl (C=O) groups is 1. The van der Waals surface area contributed by atoms with E-state index in [1.165, 1.54) is 0 Å². The molecular weight excluding hydrogens is 438 g/mol. The van der Waals surface area contributed by atoms with Gasteiger partial charge in [0.2, 0.25) is 0 Å². The third-order valence-corrected chi connectivity index (χ3v) is 3.37. The van der Waals surface area contributed by atoms with Crippen LogP contribution < -0.4 is 5.32 Å². The van der Waals surface area contributed by atoms with Crippen LogP contribution in [0.4, 0.5) is 0 Å². The maximum absolute atomic E-state index is 11.9. The van der Waals surface area contributed by atoms with Crippen LogP contribution in [0, 0.1) is 0 Å². The van der Waals surface area contributed by atoms with E-state index in [-0.39, 0.29) is 29.9 Å². The fourth-order valence-electron chi connectivity index (χ4n) is 1.75. The Morgan fingerprint density at radius 2 is 1.73 bits per heavy atom. The van der Waals surface area contributed by atoms with E-state index < -0.39 is 0 Å². The third-order valence-electron chi connectivity index (χ3n) is 2.63. The standard InChI is InChI=1S/C14H20Cl2N4O.HI/c1-19(2)14(20(3)4)18-8-7-17-13(21)10-5-6-11(15)12(16)9-10;/h5-6,9H,7-8H2,1-4H3,(H,17,21);1H. The SMILES string of the molecule is CN(C)C(=NCCNC(=O)c1ccc(Cl)c(Cl)c1)N(C)C.I. The second-order valence-electron chi connectivity index (χ2n) is 4.86. The van der Waals surface area contributed by atoms with Gasteiger partial charge in [0.1, 0.15) is 0 Å². The highest BCUT2D eigenvalue weighted by molar-refractivity contribution is 14.0. The van der Waals surface area contributed by atoms with Crippen molar-refractivity contribution in [2.75, 3.05) is 41.3 Å². The molecule has 1 N–H and O–H groups in total. The number of nitrogens with zero attached hydrogens (tertiary/aromatic N) is 3. The number of aliphatic imine (C=N–C) groups is 1. The van der Waals surface area contributed by atoms with Crippen molar-refractivity contribution < 1.29 is 4.79 Å². The zero-order valence-corrected chi connectivity index (χ0v) is 16.9. The molecule has 0 unspecified atom stereocenters.